The molecule has 1 aromatic carbocycles. The lowest BCUT2D eigenvalue weighted by Gasteiger charge is -2.35. The Morgan fingerprint density at radius 3 is 2.79 bits per heavy atom. The van der Waals surface area contributed by atoms with Crippen LogP contribution >= 0.6 is 0 Å². The molecule has 0 amide bonds. The molecule has 1 unspecified atom stereocenters. The van der Waals surface area contributed by atoms with Crippen molar-refractivity contribution >= 4 is 10.9 Å². The van der Waals surface area contributed by atoms with Crippen molar-refractivity contribution in [2.24, 2.45) is 0 Å². The van der Waals surface area contributed by atoms with Crippen LogP contribution in [0.25, 0.3) is 10.9 Å². The molecule has 0 aliphatic carbocycles. The molecule has 1 aliphatic rings. The van der Waals surface area contributed by atoms with E-state index in [1.165, 1.54) is 19.3 Å². The molecule has 0 spiro atoms. The molecule has 1 atom stereocenters. The minimum absolute atomic E-state index is 0.115. The van der Waals surface area contributed by atoms with Gasteiger partial charge in [0, 0.05) is 24.3 Å². The zero-order chi connectivity index (χ0) is 19.5. The summed E-state index contributed by atoms with van der Waals surface area (Å²) in [5.74, 6) is 0. The molecule has 1 saturated heterocycles. The van der Waals surface area contributed by atoms with Gasteiger partial charge in [0.25, 0.3) is 5.56 Å². The van der Waals surface area contributed by atoms with Gasteiger partial charge in [-0.05, 0) is 67.9 Å². The summed E-state index contributed by atoms with van der Waals surface area (Å²) in [6, 6.07) is 14.9. The first kappa shape index (κ1) is 18.9. The summed E-state index contributed by atoms with van der Waals surface area (Å²) < 4.78 is 1.91. The lowest BCUT2D eigenvalue weighted by atomic mass is 9.99. The Labute approximate surface area is 166 Å². The Hall–Kier alpha value is -2.46. The Morgan fingerprint density at radius 2 is 2.00 bits per heavy atom. The molecule has 1 aliphatic heterocycles. The van der Waals surface area contributed by atoms with Crippen LogP contribution in [0.4, 0.5) is 0 Å². The van der Waals surface area contributed by atoms with Crippen molar-refractivity contribution in [3.63, 3.8) is 0 Å². The van der Waals surface area contributed by atoms with Crippen molar-refractivity contribution in [1.29, 1.82) is 0 Å². The Bertz CT molecular complexity index is 1010. The summed E-state index contributed by atoms with van der Waals surface area (Å²) in [6.07, 6.45) is 6.71. The third-order valence-corrected chi connectivity index (χ3v) is 5.97. The first-order valence-electron chi connectivity index (χ1n) is 10.4. The van der Waals surface area contributed by atoms with Crippen LogP contribution in [0.5, 0.6) is 0 Å². The largest absolute Gasteiger partial charge is 0.302 e. The van der Waals surface area contributed by atoms with Gasteiger partial charge in [-0.1, -0.05) is 31.5 Å². The first-order valence-corrected chi connectivity index (χ1v) is 10.4. The fourth-order valence-corrected chi connectivity index (χ4v) is 4.41. The van der Waals surface area contributed by atoms with E-state index in [1.807, 2.05) is 22.8 Å². The van der Waals surface area contributed by atoms with Crippen LogP contribution < -0.4 is 5.56 Å². The van der Waals surface area contributed by atoms with E-state index in [-0.39, 0.29) is 5.56 Å². The number of aromatic nitrogens is 2. The summed E-state index contributed by atoms with van der Waals surface area (Å²) in [4.78, 5) is 20.4. The lowest BCUT2D eigenvalue weighted by molar-refractivity contribution is 0.135. The number of benzene rings is 1. The summed E-state index contributed by atoms with van der Waals surface area (Å²) in [5.41, 5.74) is 4.08. The van der Waals surface area contributed by atoms with E-state index >= 15 is 0 Å². The number of aryl methyl sites for hydroxylation is 1. The normalized spacial score (nSPS) is 17.9. The molecule has 0 radical (unpaired) electrons. The molecule has 3 aromatic rings. The molecule has 0 N–H and O–H groups in total. The number of rotatable bonds is 5. The lowest BCUT2D eigenvalue weighted by Crippen LogP contribution is -2.40. The average Bonchev–Trinajstić information content (AvgIpc) is 2.72. The Balaban J connectivity index is 1.78. The SMILES string of the molecule is CCC1CCCCN1Cc1cc2ccc(C)cc2n(Cc2ccccn2)c1=O. The van der Waals surface area contributed by atoms with E-state index in [2.05, 4.69) is 48.0 Å². The highest BCUT2D eigenvalue weighted by atomic mass is 16.1. The standard InChI is InChI=1S/C24H29N3O/c1-3-22-9-5-7-13-26(22)16-20-15-19-11-10-18(2)14-23(19)27(24(20)28)17-21-8-4-6-12-25-21/h4,6,8,10-12,14-15,22H,3,5,7,9,13,16-17H2,1-2H3. The highest BCUT2D eigenvalue weighted by Crippen LogP contribution is 2.23. The second kappa shape index (κ2) is 8.27. The predicted molar refractivity (Wildman–Crippen MR) is 115 cm³/mol. The molecular formula is C24H29N3O. The van der Waals surface area contributed by atoms with Gasteiger partial charge in [-0.15, -0.1) is 0 Å². The van der Waals surface area contributed by atoms with Crippen molar-refractivity contribution in [3.05, 3.63) is 75.8 Å². The molecule has 1 fully saturated rings. The highest BCUT2D eigenvalue weighted by Gasteiger charge is 2.22. The third-order valence-electron chi connectivity index (χ3n) is 5.97. The van der Waals surface area contributed by atoms with Crippen LogP contribution in [0.15, 0.2) is 53.5 Å². The second-order valence-electron chi connectivity index (χ2n) is 7.97. The second-order valence-corrected chi connectivity index (χ2v) is 7.97. The summed E-state index contributed by atoms with van der Waals surface area (Å²) >= 11 is 0. The quantitative estimate of drug-likeness (QED) is 0.658. The minimum Gasteiger partial charge on any atom is -0.302 e. The molecule has 4 heteroatoms. The maximum Gasteiger partial charge on any atom is 0.255 e. The van der Waals surface area contributed by atoms with E-state index in [1.54, 1.807) is 6.20 Å². The van der Waals surface area contributed by atoms with E-state index in [0.29, 0.717) is 12.6 Å². The molecule has 0 saturated carbocycles. The zero-order valence-corrected chi connectivity index (χ0v) is 16.9. The van der Waals surface area contributed by atoms with Crippen LogP contribution in [0.2, 0.25) is 0 Å². The molecule has 2 aromatic heterocycles. The first-order chi connectivity index (χ1) is 13.7. The number of pyridine rings is 2. The van der Waals surface area contributed by atoms with Gasteiger partial charge >= 0.3 is 0 Å². The van der Waals surface area contributed by atoms with Crippen LogP contribution in [0.1, 0.15) is 49.4 Å². The number of fused-ring (bicyclic) bond motifs is 1. The van der Waals surface area contributed by atoms with Gasteiger partial charge < -0.3 is 4.57 Å². The van der Waals surface area contributed by atoms with Gasteiger partial charge in [0.1, 0.15) is 0 Å². The fraction of sp³-hybridized carbons (Fsp3) is 0.417. The summed E-state index contributed by atoms with van der Waals surface area (Å²) in [7, 11) is 0. The smallest absolute Gasteiger partial charge is 0.255 e. The molecule has 146 valence electrons. The van der Waals surface area contributed by atoms with Crippen LogP contribution in [-0.2, 0) is 13.1 Å². The van der Waals surface area contributed by atoms with Crippen LogP contribution in [0, 0.1) is 6.92 Å². The van der Waals surface area contributed by atoms with Crippen molar-refractivity contribution in [2.75, 3.05) is 6.54 Å². The van der Waals surface area contributed by atoms with Crippen molar-refractivity contribution in [2.45, 2.75) is 58.7 Å². The van der Waals surface area contributed by atoms with Gasteiger partial charge in [-0.25, -0.2) is 0 Å². The number of hydrogen-bond donors (Lipinski definition) is 0. The summed E-state index contributed by atoms with van der Waals surface area (Å²) in [5, 5.41) is 1.13. The monoisotopic (exact) mass is 375 g/mol. The number of hydrogen-bond acceptors (Lipinski definition) is 3. The van der Waals surface area contributed by atoms with Gasteiger partial charge in [0.05, 0.1) is 17.8 Å². The predicted octanol–water partition coefficient (Wildman–Crippen LogP) is 4.52. The van der Waals surface area contributed by atoms with Crippen LogP contribution in [0.3, 0.4) is 0 Å². The molecule has 28 heavy (non-hydrogen) atoms. The van der Waals surface area contributed by atoms with E-state index in [0.717, 1.165) is 47.2 Å². The third kappa shape index (κ3) is 3.88. The molecule has 4 nitrogen and oxygen atoms in total. The van der Waals surface area contributed by atoms with E-state index in [9.17, 15) is 4.79 Å². The van der Waals surface area contributed by atoms with Gasteiger partial charge in [0.15, 0.2) is 0 Å². The van der Waals surface area contributed by atoms with Crippen molar-refractivity contribution in [3.8, 4) is 0 Å². The Morgan fingerprint density at radius 1 is 1.11 bits per heavy atom. The maximum absolute atomic E-state index is 13.5. The van der Waals surface area contributed by atoms with Crippen molar-refractivity contribution in [1.82, 2.24) is 14.5 Å². The van der Waals surface area contributed by atoms with Crippen molar-refractivity contribution < 1.29 is 0 Å². The van der Waals surface area contributed by atoms with E-state index in [4.69, 9.17) is 0 Å². The van der Waals surface area contributed by atoms with Crippen LogP contribution in [-0.4, -0.2) is 27.0 Å². The molecule has 0 bridgehead atoms. The maximum atomic E-state index is 13.5. The molecule has 4 rings (SSSR count). The zero-order valence-electron chi connectivity index (χ0n) is 16.9. The molecule has 3 heterocycles. The number of nitrogens with zero attached hydrogens (tertiary/aromatic N) is 3. The number of piperidine rings is 1. The minimum atomic E-state index is 0.115. The number of likely N-dealkylation sites (tertiary alicyclic amines) is 1. The van der Waals surface area contributed by atoms with E-state index < -0.39 is 0 Å². The highest BCUT2D eigenvalue weighted by molar-refractivity contribution is 5.80. The topological polar surface area (TPSA) is 38.1 Å². The van der Waals surface area contributed by atoms with Gasteiger partial charge in [0.2, 0.25) is 0 Å². The average molecular weight is 376 g/mol. The van der Waals surface area contributed by atoms with Gasteiger partial charge in [-0.2, -0.15) is 0 Å². The Kier molecular flexibility index (Phi) is 5.58. The van der Waals surface area contributed by atoms with Gasteiger partial charge in [-0.3, -0.25) is 14.7 Å². The molecular weight excluding hydrogens is 346 g/mol. The fourth-order valence-electron chi connectivity index (χ4n) is 4.41. The summed E-state index contributed by atoms with van der Waals surface area (Å²) in [6.45, 7) is 6.66.